The molecule has 0 spiro atoms. The van der Waals surface area contributed by atoms with E-state index in [1.807, 2.05) is 21.1 Å². The molecular weight excluding hydrogens is 887 g/mol. The zero-order valence-electron chi connectivity index (χ0n) is 47.4. The summed E-state index contributed by atoms with van der Waals surface area (Å²) >= 11 is 0. The first-order chi connectivity index (χ1) is 34.6. The van der Waals surface area contributed by atoms with Crippen LogP contribution in [-0.4, -0.2) is 82.3 Å². The van der Waals surface area contributed by atoms with E-state index in [2.05, 4.69) is 50.3 Å². The molecule has 0 aliphatic carbocycles. The van der Waals surface area contributed by atoms with Gasteiger partial charge in [0, 0.05) is 12.8 Å². The number of hydrogen-bond acceptors (Lipinski definition) is 8. The minimum absolute atomic E-state index is 0.148. The fourth-order valence-electron chi connectivity index (χ4n) is 8.72. The zero-order chi connectivity index (χ0) is 52.0. The number of nitrogens with zero attached hydrogens (tertiary/aromatic N) is 1. The van der Waals surface area contributed by atoms with Crippen LogP contribution in [0.3, 0.4) is 0 Å². The first-order valence-corrected chi connectivity index (χ1v) is 30.1. The third kappa shape index (κ3) is 55.1. The summed E-state index contributed by atoms with van der Waals surface area (Å²) in [5.74, 6) is -2.27. The van der Waals surface area contributed by atoms with Gasteiger partial charge in [-0.2, -0.15) is 0 Å². The van der Waals surface area contributed by atoms with Crippen LogP contribution in [0.5, 0.6) is 0 Å². The normalized spacial score (nSPS) is 13.0. The molecule has 0 aromatic rings. The van der Waals surface area contributed by atoms with Crippen molar-refractivity contribution >= 4 is 17.9 Å². The summed E-state index contributed by atoms with van der Waals surface area (Å²) < 4.78 is 22.7. The molecule has 416 valence electrons. The summed E-state index contributed by atoms with van der Waals surface area (Å²) in [6.07, 6.45) is 61.9. The number of quaternary nitrogens is 1. The number of carboxylic acid groups (broad SMARTS) is 1. The molecule has 0 saturated carbocycles. The van der Waals surface area contributed by atoms with Gasteiger partial charge in [0.2, 0.25) is 0 Å². The number of likely N-dealkylation sites (N-methyl/N-ethyl adjacent to an activating group) is 1. The van der Waals surface area contributed by atoms with Gasteiger partial charge in [-0.15, -0.1) is 0 Å². The average Bonchev–Trinajstić information content (AvgIpc) is 3.34. The van der Waals surface area contributed by atoms with Crippen molar-refractivity contribution in [3.05, 3.63) is 36.5 Å². The van der Waals surface area contributed by atoms with Gasteiger partial charge in [-0.3, -0.25) is 9.59 Å². The number of esters is 2. The first kappa shape index (κ1) is 68.5. The van der Waals surface area contributed by atoms with E-state index in [-0.39, 0.29) is 32.2 Å². The van der Waals surface area contributed by atoms with Gasteiger partial charge in [0.1, 0.15) is 13.2 Å². The van der Waals surface area contributed by atoms with E-state index in [1.165, 1.54) is 199 Å². The van der Waals surface area contributed by atoms with Crippen molar-refractivity contribution < 1.29 is 42.9 Å². The molecule has 2 unspecified atom stereocenters. The van der Waals surface area contributed by atoms with Gasteiger partial charge < -0.3 is 33.3 Å². The highest BCUT2D eigenvalue weighted by molar-refractivity contribution is 5.70. The lowest BCUT2D eigenvalue weighted by molar-refractivity contribution is -0.870. The van der Waals surface area contributed by atoms with Crippen molar-refractivity contribution in [2.24, 2.45) is 0 Å². The summed E-state index contributed by atoms with van der Waals surface area (Å²) in [4.78, 5) is 37.3. The Morgan fingerprint density at radius 2 is 0.761 bits per heavy atom. The van der Waals surface area contributed by atoms with Crippen LogP contribution in [-0.2, 0) is 33.3 Å². The number of carboxylic acids is 1. The largest absolute Gasteiger partial charge is 0.545 e. The standard InChI is InChI=1S/C62H115NO8/c1-6-8-10-12-14-16-18-20-22-24-26-28-29-30-31-33-35-37-39-41-43-45-47-49-51-53-60(65)71-58(57-70-62(61(66)67)68-55-54-63(3,4)5)56-69-59(64)52-50-48-46-44-42-40-38-36-34-32-27-25-23-21-19-17-15-13-11-9-7-2/h18,20,24,26,29-30,58,62H,6-17,19,21-23,25,27-28,31-57H2,1-5H3/b20-18-,26-24-,30-29-. The van der Waals surface area contributed by atoms with Crippen LogP contribution in [0, 0.1) is 0 Å². The van der Waals surface area contributed by atoms with Gasteiger partial charge in [-0.05, 0) is 51.4 Å². The molecule has 0 aromatic carbocycles. The highest BCUT2D eigenvalue weighted by Gasteiger charge is 2.22. The van der Waals surface area contributed by atoms with Crippen molar-refractivity contribution in [2.45, 2.75) is 296 Å². The highest BCUT2D eigenvalue weighted by Crippen LogP contribution is 2.17. The Kier molecular flexibility index (Phi) is 51.9. The number of rotatable bonds is 56. The molecule has 71 heavy (non-hydrogen) atoms. The van der Waals surface area contributed by atoms with E-state index in [4.69, 9.17) is 18.9 Å². The number of hydrogen-bond donors (Lipinski definition) is 0. The summed E-state index contributed by atoms with van der Waals surface area (Å²) in [6.45, 7) is 4.78. The number of unbranched alkanes of at least 4 members (excludes halogenated alkanes) is 35. The Labute approximate surface area is 439 Å². The van der Waals surface area contributed by atoms with Crippen molar-refractivity contribution in [1.29, 1.82) is 0 Å². The average molecular weight is 1000 g/mol. The monoisotopic (exact) mass is 1000 g/mol. The van der Waals surface area contributed by atoms with Crippen LogP contribution in [0.25, 0.3) is 0 Å². The zero-order valence-corrected chi connectivity index (χ0v) is 47.4. The molecule has 9 heteroatoms. The first-order valence-electron chi connectivity index (χ1n) is 30.1. The number of allylic oxidation sites excluding steroid dienone is 6. The third-order valence-electron chi connectivity index (χ3n) is 13.4. The second-order valence-corrected chi connectivity index (χ2v) is 21.6. The molecule has 0 radical (unpaired) electrons. The van der Waals surface area contributed by atoms with Gasteiger partial charge in [-0.25, -0.2) is 0 Å². The molecule has 9 nitrogen and oxygen atoms in total. The minimum atomic E-state index is -1.62. The fraction of sp³-hybridized carbons (Fsp3) is 0.855. The molecule has 0 saturated heterocycles. The van der Waals surface area contributed by atoms with Crippen LogP contribution in [0.1, 0.15) is 284 Å². The molecule has 0 heterocycles. The molecule has 2 atom stereocenters. The summed E-state index contributed by atoms with van der Waals surface area (Å²) in [6, 6.07) is 0. The maximum Gasteiger partial charge on any atom is 0.306 e. The summed E-state index contributed by atoms with van der Waals surface area (Å²) in [7, 11) is 5.93. The number of aliphatic carboxylic acids is 1. The third-order valence-corrected chi connectivity index (χ3v) is 13.4. The van der Waals surface area contributed by atoms with E-state index in [1.54, 1.807) is 0 Å². The predicted octanol–water partition coefficient (Wildman–Crippen LogP) is 16.3. The van der Waals surface area contributed by atoms with Crippen LogP contribution < -0.4 is 5.11 Å². The molecule has 0 bridgehead atoms. The Morgan fingerprint density at radius 1 is 0.423 bits per heavy atom. The maximum atomic E-state index is 12.9. The van der Waals surface area contributed by atoms with E-state index in [9.17, 15) is 19.5 Å². The lowest BCUT2D eigenvalue weighted by atomic mass is 10.0. The Bertz CT molecular complexity index is 1260. The number of ether oxygens (including phenoxy) is 4. The summed E-state index contributed by atoms with van der Waals surface area (Å²) in [5, 5.41) is 11.8. The van der Waals surface area contributed by atoms with Crippen molar-refractivity contribution in [3.8, 4) is 0 Å². The molecule has 0 aromatic heterocycles. The van der Waals surface area contributed by atoms with Gasteiger partial charge in [0.05, 0.1) is 40.3 Å². The molecule has 0 N–H and O–H groups in total. The Morgan fingerprint density at radius 3 is 1.13 bits per heavy atom. The molecule has 0 amide bonds. The molecule has 0 aliphatic rings. The van der Waals surface area contributed by atoms with Crippen LogP contribution in [0.4, 0.5) is 0 Å². The van der Waals surface area contributed by atoms with Crippen LogP contribution in [0.2, 0.25) is 0 Å². The van der Waals surface area contributed by atoms with Crippen molar-refractivity contribution in [1.82, 2.24) is 0 Å². The molecule has 0 aliphatic heterocycles. The van der Waals surface area contributed by atoms with Crippen LogP contribution in [0.15, 0.2) is 36.5 Å². The van der Waals surface area contributed by atoms with Gasteiger partial charge in [0.15, 0.2) is 12.4 Å². The second kappa shape index (κ2) is 53.8. The van der Waals surface area contributed by atoms with E-state index in [0.717, 1.165) is 51.4 Å². The van der Waals surface area contributed by atoms with Crippen molar-refractivity contribution in [2.75, 3.05) is 47.5 Å². The quantitative estimate of drug-likeness (QED) is 0.0195. The van der Waals surface area contributed by atoms with Gasteiger partial charge in [0.25, 0.3) is 0 Å². The second-order valence-electron chi connectivity index (χ2n) is 21.6. The lowest BCUT2D eigenvalue weighted by Crippen LogP contribution is -2.44. The molecule has 0 fully saturated rings. The Balaban J connectivity index is 4.22. The Hall–Kier alpha value is -2.49. The van der Waals surface area contributed by atoms with Crippen LogP contribution >= 0.6 is 0 Å². The predicted molar refractivity (Wildman–Crippen MR) is 297 cm³/mol. The van der Waals surface area contributed by atoms with Gasteiger partial charge >= 0.3 is 11.9 Å². The molecule has 0 rings (SSSR count). The SMILES string of the molecule is CCCCCCC/C=C\C/C=C\C/C=C\CCCCCCCCCCCCC(=O)OC(COC(=O)CCCCCCCCCCCCCCCCCCCCCCC)COC(OCC[N+](C)(C)C)C(=O)[O-]. The fourth-order valence-corrected chi connectivity index (χ4v) is 8.72. The topological polar surface area (TPSA) is 111 Å². The highest BCUT2D eigenvalue weighted by atomic mass is 16.7. The van der Waals surface area contributed by atoms with E-state index in [0.29, 0.717) is 23.9 Å². The van der Waals surface area contributed by atoms with Gasteiger partial charge in [-0.1, -0.05) is 256 Å². The lowest BCUT2D eigenvalue weighted by Gasteiger charge is -2.26. The van der Waals surface area contributed by atoms with E-state index >= 15 is 0 Å². The number of carbonyl (C=O) groups is 3. The molecular formula is C62H115NO8. The smallest absolute Gasteiger partial charge is 0.306 e. The van der Waals surface area contributed by atoms with Crippen molar-refractivity contribution in [3.63, 3.8) is 0 Å². The minimum Gasteiger partial charge on any atom is -0.545 e. The maximum absolute atomic E-state index is 12.9. The summed E-state index contributed by atoms with van der Waals surface area (Å²) in [5.41, 5.74) is 0. The van der Waals surface area contributed by atoms with E-state index < -0.39 is 24.3 Å². The number of carbonyl (C=O) groups excluding carboxylic acids is 3.